The van der Waals surface area contributed by atoms with Gasteiger partial charge in [0, 0.05) is 37.3 Å². The van der Waals surface area contributed by atoms with Gasteiger partial charge in [-0.2, -0.15) is 0 Å². The van der Waals surface area contributed by atoms with E-state index < -0.39 is 6.10 Å². The molecule has 1 aliphatic heterocycles. The minimum Gasteiger partial charge on any atom is -0.396 e. The van der Waals surface area contributed by atoms with Crippen LogP contribution in [0.2, 0.25) is 0 Å². The predicted molar refractivity (Wildman–Crippen MR) is 114 cm³/mol. The summed E-state index contributed by atoms with van der Waals surface area (Å²) in [5, 5.41) is 29.7. The standard InChI is InChI=1S/C24H38N2O4/c1-23-8-5-14(26-30-15-7-10-25-12-15)11-19(23)16(13-27)22(29)21-17-3-4-20(28)24(17,2)9-6-18(21)23/h15-19,21-22,25,27,29H,3-13H2,1-2H3/t15-,16+,17-,18-,19?,21-,22+,23+,24-/m0/s1. The first-order valence-electron chi connectivity index (χ1n) is 12.1. The Hall–Kier alpha value is -0.980. The number of hydrogen-bond acceptors (Lipinski definition) is 6. The van der Waals surface area contributed by atoms with E-state index in [0.717, 1.165) is 63.7 Å². The molecule has 1 unspecified atom stereocenters. The summed E-state index contributed by atoms with van der Waals surface area (Å²) in [6.45, 7) is 6.38. The Bertz CT molecular complexity index is 720. The Kier molecular flexibility index (Phi) is 5.27. The Morgan fingerprint density at radius 1 is 1.13 bits per heavy atom. The van der Waals surface area contributed by atoms with Crippen molar-refractivity contribution in [1.82, 2.24) is 5.32 Å². The molecule has 0 bridgehead atoms. The Balaban J connectivity index is 1.41. The highest BCUT2D eigenvalue weighted by atomic mass is 16.6. The van der Waals surface area contributed by atoms with Gasteiger partial charge in [-0.1, -0.05) is 19.0 Å². The number of rotatable bonds is 3. The van der Waals surface area contributed by atoms with Gasteiger partial charge in [-0.3, -0.25) is 4.79 Å². The highest BCUT2D eigenvalue weighted by molar-refractivity contribution is 5.87. The van der Waals surface area contributed by atoms with Crippen LogP contribution in [0.1, 0.15) is 65.2 Å². The zero-order valence-electron chi connectivity index (χ0n) is 18.5. The molecule has 1 saturated heterocycles. The van der Waals surface area contributed by atoms with E-state index >= 15 is 0 Å². The number of oxime groups is 1. The van der Waals surface area contributed by atoms with Gasteiger partial charge in [-0.15, -0.1) is 0 Å². The molecule has 168 valence electrons. The van der Waals surface area contributed by atoms with Crippen molar-refractivity contribution in [2.24, 2.45) is 45.6 Å². The topological polar surface area (TPSA) is 91.2 Å². The molecule has 5 fully saturated rings. The second kappa shape index (κ2) is 7.56. The maximum atomic E-state index is 12.7. The maximum Gasteiger partial charge on any atom is 0.141 e. The predicted octanol–water partition coefficient (Wildman–Crippen LogP) is 2.52. The number of ketones is 1. The van der Waals surface area contributed by atoms with E-state index in [4.69, 9.17) is 4.84 Å². The Labute approximate surface area is 179 Å². The first kappa shape index (κ1) is 20.9. The normalized spacial score (nSPS) is 52.1. The van der Waals surface area contributed by atoms with Gasteiger partial charge in [-0.25, -0.2) is 0 Å². The summed E-state index contributed by atoms with van der Waals surface area (Å²) in [6.07, 6.45) is 6.94. The van der Waals surface area contributed by atoms with Crippen molar-refractivity contribution in [2.45, 2.75) is 77.4 Å². The van der Waals surface area contributed by atoms with E-state index in [1.807, 2.05) is 0 Å². The zero-order valence-corrected chi connectivity index (χ0v) is 18.5. The average Bonchev–Trinajstić information content (AvgIpc) is 3.36. The second-order valence-corrected chi connectivity index (χ2v) is 11.2. The third-order valence-electron chi connectivity index (χ3n) is 10.1. The van der Waals surface area contributed by atoms with E-state index in [0.29, 0.717) is 18.1 Å². The minimum absolute atomic E-state index is 0.00268. The van der Waals surface area contributed by atoms with Crippen molar-refractivity contribution in [3.63, 3.8) is 0 Å². The average molecular weight is 419 g/mol. The molecule has 0 aromatic heterocycles. The van der Waals surface area contributed by atoms with Crippen LogP contribution in [0.25, 0.3) is 0 Å². The van der Waals surface area contributed by atoms with Crippen molar-refractivity contribution in [1.29, 1.82) is 0 Å². The third-order valence-corrected chi connectivity index (χ3v) is 10.1. The van der Waals surface area contributed by atoms with Crippen molar-refractivity contribution in [3.05, 3.63) is 0 Å². The third kappa shape index (κ3) is 3.01. The van der Waals surface area contributed by atoms with Gasteiger partial charge in [0.25, 0.3) is 0 Å². The zero-order chi connectivity index (χ0) is 21.1. The Morgan fingerprint density at radius 2 is 1.97 bits per heavy atom. The quantitative estimate of drug-likeness (QED) is 0.613. The Morgan fingerprint density at radius 3 is 2.70 bits per heavy atom. The summed E-state index contributed by atoms with van der Waals surface area (Å²) >= 11 is 0. The van der Waals surface area contributed by atoms with Crippen molar-refractivity contribution in [3.8, 4) is 0 Å². The molecule has 1 heterocycles. The number of carbonyl (C=O) groups is 1. The molecule has 0 aromatic rings. The molecule has 0 amide bonds. The summed E-state index contributed by atoms with van der Waals surface area (Å²) in [5.74, 6) is 1.28. The molecule has 30 heavy (non-hydrogen) atoms. The molecule has 4 saturated carbocycles. The van der Waals surface area contributed by atoms with Gasteiger partial charge >= 0.3 is 0 Å². The second-order valence-electron chi connectivity index (χ2n) is 11.2. The molecule has 5 rings (SSSR count). The van der Waals surface area contributed by atoms with E-state index in [1.54, 1.807) is 0 Å². The van der Waals surface area contributed by atoms with E-state index in [2.05, 4.69) is 24.3 Å². The van der Waals surface area contributed by atoms with Gasteiger partial charge in [0.2, 0.25) is 0 Å². The van der Waals surface area contributed by atoms with Crippen LogP contribution in [0.4, 0.5) is 0 Å². The highest BCUT2D eigenvalue weighted by Crippen LogP contribution is 2.66. The molecule has 3 N–H and O–H groups in total. The molecule has 0 spiro atoms. The van der Waals surface area contributed by atoms with Crippen LogP contribution in [-0.2, 0) is 9.63 Å². The maximum absolute atomic E-state index is 12.7. The summed E-state index contributed by atoms with van der Waals surface area (Å²) < 4.78 is 0. The monoisotopic (exact) mass is 418 g/mol. The van der Waals surface area contributed by atoms with Gasteiger partial charge in [0.15, 0.2) is 0 Å². The molecule has 0 radical (unpaired) electrons. The molecular formula is C24H38N2O4. The van der Waals surface area contributed by atoms with Crippen LogP contribution >= 0.6 is 0 Å². The van der Waals surface area contributed by atoms with Crippen LogP contribution < -0.4 is 5.32 Å². The first-order valence-corrected chi connectivity index (χ1v) is 12.1. The van der Waals surface area contributed by atoms with E-state index in [-0.39, 0.29) is 47.2 Å². The van der Waals surface area contributed by atoms with Gasteiger partial charge in [-0.05, 0) is 74.2 Å². The minimum atomic E-state index is -0.534. The molecule has 0 aromatic carbocycles. The fraction of sp³-hybridized carbons (Fsp3) is 0.917. The molecular weight excluding hydrogens is 380 g/mol. The summed E-state index contributed by atoms with van der Waals surface area (Å²) in [7, 11) is 0. The summed E-state index contributed by atoms with van der Waals surface area (Å²) in [6, 6.07) is 0. The number of aliphatic hydroxyl groups excluding tert-OH is 2. The molecule has 5 aliphatic rings. The number of carbonyl (C=O) groups excluding carboxylic acids is 1. The van der Waals surface area contributed by atoms with Crippen LogP contribution in [0.3, 0.4) is 0 Å². The fourth-order valence-electron chi connectivity index (χ4n) is 8.21. The van der Waals surface area contributed by atoms with E-state index in [1.165, 1.54) is 0 Å². The molecule has 6 heteroatoms. The van der Waals surface area contributed by atoms with Crippen molar-refractivity contribution in [2.75, 3.05) is 19.7 Å². The lowest BCUT2D eigenvalue weighted by Crippen LogP contribution is -2.62. The lowest BCUT2D eigenvalue weighted by molar-refractivity contribution is -0.188. The fourth-order valence-corrected chi connectivity index (χ4v) is 8.21. The SMILES string of the molecule is C[C@]12CCC(=NO[C@H]3CCNC3)CC1[C@@H](CO)[C@@H](O)[C@@H]1[C@@H]2CC[C@]2(C)C(=O)CC[C@@H]12. The summed E-state index contributed by atoms with van der Waals surface area (Å²) in [4.78, 5) is 18.5. The lowest BCUT2D eigenvalue weighted by Gasteiger charge is -2.63. The molecule has 9 atom stereocenters. The number of aliphatic hydroxyl groups is 2. The largest absolute Gasteiger partial charge is 0.396 e. The van der Waals surface area contributed by atoms with Gasteiger partial charge in [0.1, 0.15) is 11.9 Å². The van der Waals surface area contributed by atoms with Gasteiger partial charge < -0.3 is 20.4 Å². The number of fused-ring (bicyclic) bond motifs is 5. The number of nitrogens with zero attached hydrogens (tertiary/aromatic N) is 1. The first-order chi connectivity index (χ1) is 14.4. The van der Waals surface area contributed by atoms with Crippen LogP contribution in [0.5, 0.6) is 0 Å². The van der Waals surface area contributed by atoms with Crippen LogP contribution in [0.15, 0.2) is 5.16 Å². The van der Waals surface area contributed by atoms with Crippen molar-refractivity contribution < 1.29 is 19.8 Å². The highest BCUT2D eigenvalue weighted by Gasteiger charge is 2.64. The van der Waals surface area contributed by atoms with E-state index in [9.17, 15) is 15.0 Å². The van der Waals surface area contributed by atoms with Crippen molar-refractivity contribution >= 4 is 11.5 Å². The van der Waals surface area contributed by atoms with Crippen LogP contribution in [0, 0.1) is 40.4 Å². The molecule has 6 nitrogen and oxygen atoms in total. The number of hydrogen-bond donors (Lipinski definition) is 3. The smallest absolute Gasteiger partial charge is 0.141 e. The van der Waals surface area contributed by atoms with Crippen LogP contribution in [-0.4, -0.2) is 53.6 Å². The summed E-state index contributed by atoms with van der Waals surface area (Å²) in [5.41, 5.74) is 0.902. The lowest BCUT2D eigenvalue weighted by atomic mass is 9.42. The molecule has 4 aliphatic carbocycles. The number of Topliss-reactive ketones (excluding diaryl/α,β-unsaturated/α-hetero) is 1. The number of nitrogens with one attached hydrogen (secondary N) is 1. The van der Waals surface area contributed by atoms with Gasteiger partial charge in [0.05, 0.1) is 11.8 Å².